The molecule has 0 spiro atoms. The van der Waals surface area contributed by atoms with Crippen molar-refractivity contribution in [2.45, 2.75) is 70.0 Å². The van der Waals surface area contributed by atoms with Crippen molar-refractivity contribution in [1.29, 1.82) is 0 Å². The Kier molecular flexibility index (Phi) is 5.35. The summed E-state index contributed by atoms with van der Waals surface area (Å²) in [6.07, 6.45) is 0.384. The molecule has 2 aliphatic carbocycles. The fourth-order valence-corrected chi connectivity index (χ4v) is 4.19. The van der Waals surface area contributed by atoms with Gasteiger partial charge < -0.3 is 10.2 Å². The van der Waals surface area contributed by atoms with Crippen LogP contribution in [0.1, 0.15) is 51.4 Å². The van der Waals surface area contributed by atoms with Gasteiger partial charge in [-0.25, -0.2) is 8.78 Å². The third-order valence-electron chi connectivity index (χ3n) is 5.55. The summed E-state index contributed by atoms with van der Waals surface area (Å²) in [4.78, 5) is 0. The Morgan fingerprint density at radius 1 is 0.800 bits per heavy atom. The van der Waals surface area contributed by atoms with E-state index in [0.717, 1.165) is 0 Å². The first kappa shape index (κ1) is 16.1. The number of hydrogen-bond donors (Lipinski definition) is 2. The van der Waals surface area contributed by atoms with Crippen LogP contribution in [0.2, 0.25) is 0 Å². The lowest BCUT2D eigenvalue weighted by Crippen LogP contribution is -2.49. The maximum absolute atomic E-state index is 13.8. The second kappa shape index (κ2) is 6.65. The molecule has 2 N–H and O–H groups in total. The number of aliphatic hydroxyl groups is 2. The smallest absolute Gasteiger partial charge is 0.247 e. The van der Waals surface area contributed by atoms with Crippen molar-refractivity contribution in [3.63, 3.8) is 0 Å². The monoisotopic (exact) mass is 294 g/mol. The molecule has 20 heavy (non-hydrogen) atoms. The van der Waals surface area contributed by atoms with E-state index in [-0.39, 0.29) is 11.8 Å². The quantitative estimate of drug-likeness (QED) is 0.835. The molecule has 0 aromatic carbocycles. The molecule has 2 fully saturated rings. The first-order chi connectivity index (χ1) is 9.50. The van der Waals surface area contributed by atoms with Crippen LogP contribution in [0.3, 0.4) is 0 Å². The Morgan fingerprint density at radius 3 is 1.40 bits per heavy atom. The highest BCUT2D eigenvalue weighted by molar-refractivity contribution is 4.97. The molecule has 0 aromatic rings. The van der Waals surface area contributed by atoms with Gasteiger partial charge in [0.05, 0.1) is 17.6 Å². The number of hydrogen-bond acceptors (Lipinski definition) is 2. The van der Waals surface area contributed by atoms with Crippen LogP contribution in [-0.4, -0.2) is 35.5 Å². The highest BCUT2D eigenvalue weighted by atomic mass is 19.3. The summed E-state index contributed by atoms with van der Waals surface area (Å²) in [5.41, 5.74) is -1.57. The van der Waals surface area contributed by atoms with Gasteiger partial charge in [-0.15, -0.1) is 0 Å². The average molecular weight is 294 g/mol. The topological polar surface area (TPSA) is 40.5 Å². The summed E-state index contributed by atoms with van der Waals surface area (Å²) in [6, 6.07) is 0. The fourth-order valence-electron chi connectivity index (χ4n) is 4.19. The number of aliphatic hydroxyl groups excluding tert-OH is 2. The van der Waals surface area contributed by atoms with E-state index in [1.54, 1.807) is 0 Å². The Labute approximate surface area is 118 Å². The number of rotatable bonds is 4. The van der Waals surface area contributed by atoms with Crippen molar-refractivity contribution in [3.8, 4) is 0 Å². The molecule has 2 aliphatic rings. The number of alkyl halides is 3. The summed E-state index contributed by atoms with van der Waals surface area (Å²) in [5, 5.41) is 19.1. The predicted molar refractivity (Wildman–Crippen MR) is 70.3 cm³/mol. The Balaban J connectivity index is 2.16. The Hall–Kier alpha value is -0.290. The van der Waals surface area contributed by atoms with Crippen LogP contribution in [0, 0.1) is 17.3 Å². The maximum Gasteiger partial charge on any atom is 0.247 e. The zero-order valence-corrected chi connectivity index (χ0v) is 11.8. The molecule has 2 nitrogen and oxygen atoms in total. The molecule has 0 amide bonds. The summed E-state index contributed by atoms with van der Waals surface area (Å²) >= 11 is 0. The molecular weight excluding hydrogens is 269 g/mol. The Morgan fingerprint density at radius 2 is 1.15 bits per heavy atom. The zero-order valence-electron chi connectivity index (χ0n) is 11.8. The molecule has 0 unspecified atom stereocenters. The van der Waals surface area contributed by atoms with E-state index in [4.69, 9.17) is 0 Å². The van der Waals surface area contributed by atoms with Crippen LogP contribution in [0.25, 0.3) is 0 Å². The SMILES string of the molecule is OC1CCC(C(CF)(C(F)F)C2CCC(O)CC2)CC1. The summed E-state index contributed by atoms with van der Waals surface area (Å²) in [6.45, 7) is -0.994. The van der Waals surface area contributed by atoms with Gasteiger partial charge in [-0.3, -0.25) is 4.39 Å². The van der Waals surface area contributed by atoms with Gasteiger partial charge in [-0.1, -0.05) is 0 Å². The average Bonchev–Trinajstić information content (AvgIpc) is 2.43. The highest BCUT2D eigenvalue weighted by Crippen LogP contribution is 2.52. The number of halogens is 3. The van der Waals surface area contributed by atoms with Crippen molar-refractivity contribution in [2.24, 2.45) is 17.3 Å². The van der Waals surface area contributed by atoms with Gasteiger partial charge >= 0.3 is 0 Å². The lowest BCUT2D eigenvalue weighted by atomic mass is 9.59. The van der Waals surface area contributed by atoms with E-state index in [9.17, 15) is 23.4 Å². The van der Waals surface area contributed by atoms with E-state index in [0.29, 0.717) is 51.4 Å². The van der Waals surface area contributed by atoms with Crippen LogP contribution < -0.4 is 0 Å². The minimum Gasteiger partial charge on any atom is -0.393 e. The second-order valence-corrected chi connectivity index (χ2v) is 6.56. The minimum atomic E-state index is -2.67. The molecule has 2 saturated carbocycles. The first-order valence-electron chi connectivity index (χ1n) is 7.71. The van der Waals surface area contributed by atoms with Gasteiger partial charge in [0.1, 0.15) is 6.67 Å². The van der Waals surface area contributed by atoms with Crippen molar-refractivity contribution in [2.75, 3.05) is 6.67 Å². The molecule has 118 valence electrons. The maximum atomic E-state index is 13.8. The van der Waals surface area contributed by atoms with Gasteiger partial charge in [0.15, 0.2) is 0 Å². The lowest BCUT2D eigenvalue weighted by molar-refractivity contribution is -0.131. The summed E-state index contributed by atoms with van der Waals surface area (Å²) < 4.78 is 41.2. The van der Waals surface area contributed by atoms with Crippen molar-refractivity contribution in [3.05, 3.63) is 0 Å². The van der Waals surface area contributed by atoms with Crippen LogP contribution in [0.15, 0.2) is 0 Å². The van der Waals surface area contributed by atoms with Gasteiger partial charge in [0, 0.05) is 0 Å². The molecule has 0 bridgehead atoms. The normalized spacial score (nSPS) is 38.7. The standard InChI is InChI=1S/C15H25F3O2/c16-9-15(14(17)18,10-1-5-12(19)6-2-10)11-3-7-13(20)8-4-11/h10-14,19-20H,1-9H2. The van der Waals surface area contributed by atoms with Gasteiger partial charge in [0.2, 0.25) is 6.43 Å². The molecule has 0 heterocycles. The molecule has 5 heteroatoms. The van der Waals surface area contributed by atoms with Crippen molar-refractivity contribution < 1.29 is 23.4 Å². The molecule has 0 aromatic heterocycles. The van der Waals surface area contributed by atoms with Gasteiger partial charge in [0.25, 0.3) is 0 Å². The highest BCUT2D eigenvalue weighted by Gasteiger charge is 2.53. The molecule has 0 atom stereocenters. The fraction of sp³-hybridized carbons (Fsp3) is 1.00. The van der Waals surface area contributed by atoms with Crippen molar-refractivity contribution >= 4 is 0 Å². The summed E-state index contributed by atoms with van der Waals surface area (Å²) in [5.74, 6) is -0.702. The largest absolute Gasteiger partial charge is 0.393 e. The second-order valence-electron chi connectivity index (χ2n) is 6.56. The van der Waals surface area contributed by atoms with E-state index < -0.39 is 30.7 Å². The van der Waals surface area contributed by atoms with E-state index >= 15 is 0 Å². The van der Waals surface area contributed by atoms with Gasteiger partial charge in [-0.2, -0.15) is 0 Å². The third-order valence-corrected chi connectivity index (χ3v) is 5.55. The van der Waals surface area contributed by atoms with Crippen LogP contribution in [0.4, 0.5) is 13.2 Å². The first-order valence-corrected chi connectivity index (χ1v) is 7.71. The molecule has 0 radical (unpaired) electrons. The van der Waals surface area contributed by atoms with Crippen molar-refractivity contribution in [1.82, 2.24) is 0 Å². The van der Waals surface area contributed by atoms with Crippen LogP contribution in [-0.2, 0) is 0 Å². The zero-order chi connectivity index (χ0) is 14.8. The molecule has 0 aliphatic heterocycles. The predicted octanol–water partition coefficient (Wildman–Crippen LogP) is 3.31. The van der Waals surface area contributed by atoms with Crippen LogP contribution in [0.5, 0.6) is 0 Å². The lowest BCUT2D eigenvalue weighted by Gasteiger charge is -2.48. The van der Waals surface area contributed by atoms with Gasteiger partial charge in [-0.05, 0) is 63.2 Å². The minimum absolute atomic E-state index is 0.351. The Bertz CT molecular complexity index is 273. The third kappa shape index (κ3) is 2.98. The molecule has 0 saturated heterocycles. The van der Waals surface area contributed by atoms with E-state index in [1.807, 2.05) is 0 Å². The molecular formula is C15H25F3O2. The van der Waals surface area contributed by atoms with E-state index in [1.165, 1.54) is 0 Å². The summed E-state index contributed by atoms with van der Waals surface area (Å²) in [7, 11) is 0. The van der Waals surface area contributed by atoms with Crippen LogP contribution >= 0.6 is 0 Å². The molecule has 2 rings (SSSR count). The van der Waals surface area contributed by atoms with E-state index in [2.05, 4.69) is 0 Å².